The van der Waals surface area contributed by atoms with Gasteiger partial charge in [-0.3, -0.25) is 4.79 Å². The molecule has 0 spiro atoms. The Hall–Kier alpha value is -1.11. The predicted molar refractivity (Wildman–Crippen MR) is 57.5 cm³/mol. The van der Waals surface area contributed by atoms with Gasteiger partial charge in [0.15, 0.2) is 0 Å². The van der Waals surface area contributed by atoms with E-state index in [1.54, 1.807) is 35.3 Å². The molecule has 0 aliphatic carbocycles. The molecule has 0 unspecified atom stereocenters. The van der Waals surface area contributed by atoms with Gasteiger partial charge in [-0.2, -0.15) is 0 Å². The van der Waals surface area contributed by atoms with Crippen LogP contribution >= 0.6 is 11.8 Å². The molecule has 0 aliphatic heterocycles. The zero-order valence-electron chi connectivity index (χ0n) is 9.17. The third-order valence-corrected chi connectivity index (χ3v) is 3.08. The van der Waals surface area contributed by atoms with Crippen molar-refractivity contribution in [2.24, 2.45) is 7.05 Å². The van der Waals surface area contributed by atoms with E-state index in [9.17, 15) is 4.79 Å². The van der Waals surface area contributed by atoms with Gasteiger partial charge in [0.25, 0.3) is 0 Å². The standard InChI is InChI=1S/C8H15N5OS/c1-7(14)12(2)5-4-6-15-8-9-10-11-13(8)3/h4-6H2,1-3H3. The Morgan fingerprint density at radius 2 is 2.33 bits per heavy atom. The van der Waals surface area contributed by atoms with Gasteiger partial charge in [-0.05, 0) is 16.8 Å². The first-order chi connectivity index (χ1) is 7.11. The zero-order chi connectivity index (χ0) is 11.3. The van der Waals surface area contributed by atoms with Gasteiger partial charge >= 0.3 is 0 Å². The van der Waals surface area contributed by atoms with Gasteiger partial charge in [-0.25, -0.2) is 4.68 Å². The summed E-state index contributed by atoms with van der Waals surface area (Å²) in [5, 5.41) is 11.9. The van der Waals surface area contributed by atoms with Crippen LogP contribution in [0.25, 0.3) is 0 Å². The highest BCUT2D eigenvalue weighted by atomic mass is 32.2. The fraction of sp³-hybridized carbons (Fsp3) is 0.750. The van der Waals surface area contributed by atoms with E-state index in [2.05, 4.69) is 15.5 Å². The molecule has 1 heterocycles. The van der Waals surface area contributed by atoms with Crippen molar-refractivity contribution >= 4 is 17.7 Å². The number of hydrogen-bond acceptors (Lipinski definition) is 5. The number of amides is 1. The zero-order valence-corrected chi connectivity index (χ0v) is 9.99. The fourth-order valence-electron chi connectivity index (χ4n) is 0.966. The van der Waals surface area contributed by atoms with Gasteiger partial charge in [0.05, 0.1) is 0 Å². The summed E-state index contributed by atoms with van der Waals surface area (Å²) in [6.45, 7) is 2.34. The molecule has 1 aromatic heterocycles. The predicted octanol–water partition coefficient (Wildman–Crippen LogP) is 0.171. The van der Waals surface area contributed by atoms with E-state index in [1.165, 1.54) is 0 Å². The number of hydrogen-bond donors (Lipinski definition) is 0. The SMILES string of the molecule is CC(=O)N(C)CCCSc1nnnn1C. The van der Waals surface area contributed by atoms with Gasteiger partial charge in [-0.1, -0.05) is 11.8 Å². The molecule has 0 N–H and O–H groups in total. The van der Waals surface area contributed by atoms with E-state index in [4.69, 9.17) is 0 Å². The second-order valence-corrected chi connectivity index (χ2v) is 4.29. The van der Waals surface area contributed by atoms with Crippen molar-refractivity contribution in [3.63, 3.8) is 0 Å². The van der Waals surface area contributed by atoms with Crippen LogP contribution in [0.5, 0.6) is 0 Å². The normalized spacial score (nSPS) is 10.3. The molecule has 0 radical (unpaired) electrons. The summed E-state index contributed by atoms with van der Waals surface area (Å²) in [6.07, 6.45) is 0.938. The Bertz CT molecular complexity index is 327. The summed E-state index contributed by atoms with van der Waals surface area (Å²) in [6, 6.07) is 0. The molecule has 1 rings (SSSR count). The number of rotatable bonds is 5. The first-order valence-corrected chi connectivity index (χ1v) is 5.66. The van der Waals surface area contributed by atoms with Gasteiger partial charge in [0, 0.05) is 33.3 Å². The van der Waals surface area contributed by atoms with E-state index >= 15 is 0 Å². The van der Waals surface area contributed by atoms with E-state index in [0.717, 1.165) is 23.9 Å². The molecule has 1 aromatic rings. The van der Waals surface area contributed by atoms with Crippen LogP contribution in [-0.4, -0.2) is 50.4 Å². The monoisotopic (exact) mass is 229 g/mol. The molecule has 0 aliphatic rings. The second kappa shape index (κ2) is 5.69. The van der Waals surface area contributed by atoms with Crippen molar-refractivity contribution in [3.05, 3.63) is 0 Å². The van der Waals surface area contributed by atoms with Crippen molar-refractivity contribution < 1.29 is 4.79 Å². The van der Waals surface area contributed by atoms with Crippen LogP contribution in [0.3, 0.4) is 0 Å². The lowest BCUT2D eigenvalue weighted by molar-refractivity contribution is -0.127. The van der Waals surface area contributed by atoms with Crippen molar-refractivity contribution in [1.29, 1.82) is 0 Å². The maximum Gasteiger partial charge on any atom is 0.219 e. The Balaban J connectivity index is 2.17. The lowest BCUT2D eigenvalue weighted by Gasteiger charge is -2.13. The third-order valence-electron chi connectivity index (χ3n) is 1.99. The van der Waals surface area contributed by atoms with Crippen molar-refractivity contribution in [2.45, 2.75) is 18.5 Å². The van der Waals surface area contributed by atoms with Crippen LogP contribution in [0.4, 0.5) is 0 Å². The molecule has 15 heavy (non-hydrogen) atoms. The maximum absolute atomic E-state index is 10.9. The minimum absolute atomic E-state index is 0.0975. The summed E-state index contributed by atoms with van der Waals surface area (Å²) in [5.41, 5.74) is 0. The van der Waals surface area contributed by atoms with Crippen LogP contribution in [0, 0.1) is 0 Å². The first-order valence-electron chi connectivity index (χ1n) is 4.68. The number of thioether (sulfide) groups is 1. The van der Waals surface area contributed by atoms with Crippen LogP contribution < -0.4 is 0 Å². The highest BCUT2D eigenvalue weighted by molar-refractivity contribution is 7.99. The first kappa shape index (κ1) is 12.0. The summed E-state index contributed by atoms with van der Waals surface area (Å²) >= 11 is 1.60. The number of carbonyl (C=O) groups is 1. The van der Waals surface area contributed by atoms with Crippen molar-refractivity contribution in [1.82, 2.24) is 25.1 Å². The van der Waals surface area contributed by atoms with Crippen LogP contribution in [0.2, 0.25) is 0 Å². The molecule has 0 saturated carbocycles. The molecular weight excluding hydrogens is 214 g/mol. The van der Waals surface area contributed by atoms with E-state index in [0.29, 0.717) is 0 Å². The molecule has 0 atom stereocenters. The molecule has 84 valence electrons. The van der Waals surface area contributed by atoms with Crippen molar-refractivity contribution in [3.8, 4) is 0 Å². The minimum atomic E-state index is 0.0975. The maximum atomic E-state index is 10.9. The summed E-state index contributed by atoms with van der Waals surface area (Å²) in [7, 11) is 3.61. The topological polar surface area (TPSA) is 63.9 Å². The average molecular weight is 229 g/mol. The van der Waals surface area contributed by atoms with Gasteiger partial charge in [0.2, 0.25) is 11.1 Å². The van der Waals surface area contributed by atoms with Crippen LogP contribution in [0.15, 0.2) is 5.16 Å². The van der Waals surface area contributed by atoms with Crippen molar-refractivity contribution in [2.75, 3.05) is 19.3 Å². The highest BCUT2D eigenvalue weighted by Crippen LogP contribution is 2.13. The Morgan fingerprint density at radius 3 is 2.87 bits per heavy atom. The molecular formula is C8H15N5OS. The average Bonchev–Trinajstić information content (AvgIpc) is 2.58. The quantitative estimate of drug-likeness (QED) is 0.532. The fourth-order valence-corrected chi connectivity index (χ4v) is 1.74. The van der Waals surface area contributed by atoms with Gasteiger partial charge in [0.1, 0.15) is 0 Å². The number of aromatic nitrogens is 4. The summed E-state index contributed by atoms with van der Waals surface area (Å²) in [5.74, 6) is 1.01. The van der Waals surface area contributed by atoms with Crippen LogP contribution in [0.1, 0.15) is 13.3 Å². The van der Waals surface area contributed by atoms with E-state index in [-0.39, 0.29) is 5.91 Å². The van der Waals surface area contributed by atoms with Crippen LogP contribution in [-0.2, 0) is 11.8 Å². The number of carbonyl (C=O) groups excluding carboxylic acids is 1. The second-order valence-electron chi connectivity index (χ2n) is 3.23. The lowest BCUT2D eigenvalue weighted by atomic mass is 10.4. The lowest BCUT2D eigenvalue weighted by Crippen LogP contribution is -2.25. The van der Waals surface area contributed by atoms with Gasteiger partial charge < -0.3 is 4.90 Å². The Morgan fingerprint density at radius 1 is 1.60 bits per heavy atom. The third kappa shape index (κ3) is 3.86. The number of tetrazole rings is 1. The summed E-state index contributed by atoms with van der Waals surface area (Å²) in [4.78, 5) is 12.6. The molecule has 1 amide bonds. The summed E-state index contributed by atoms with van der Waals surface area (Å²) < 4.78 is 1.64. The highest BCUT2D eigenvalue weighted by Gasteiger charge is 2.04. The molecule has 6 nitrogen and oxygen atoms in total. The Kier molecular flexibility index (Phi) is 4.54. The molecule has 7 heteroatoms. The number of nitrogens with zero attached hydrogens (tertiary/aromatic N) is 5. The smallest absolute Gasteiger partial charge is 0.219 e. The van der Waals surface area contributed by atoms with E-state index < -0.39 is 0 Å². The molecule has 0 fully saturated rings. The number of aryl methyl sites for hydroxylation is 1. The molecule has 0 saturated heterocycles. The molecule has 0 aromatic carbocycles. The van der Waals surface area contributed by atoms with E-state index in [1.807, 2.05) is 7.05 Å². The molecule has 0 bridgehead atoms. The minimum Gasteiger partial charge on any atom is -0.346 e. The largest absolute Gasteiger partial charge is 0.346 e. The van der Waals surface area contributed by atoms with Gasteiger partial charge in [-0.15, -0.1) is 5.10 Å². The Labute approximate surface area is 93.0 Å².